The minimum Gasteiger partial charge on any atom is -0.310 e. The van der Waals surface area contributed by atoms with Crippen LogP contribution in [0.25, 0.3) is 55.6 Å². The van der Waals surface area contributed by atoms with Crippen molar-refractivity contribution in [3.63, 3.8) is 0 Å². The van der Waals surface area contributed by atoms with Gasteiger partial charge >= 0.3 is 0 Å². The molecule has 0 radical (unpaired) electrons. The molecule has 1 heteroatoms. The number of hydrogen-bond donors (Lipinski definition) is 0. The summed E-state index contributed by atoms with van der Waals surface area (Å²) in [4.78, 5) is 2.55. The minimum absolute atomic E-state index is 0.0574. The fourth-order valence-electron chi connectivity index (χ4n) is 12.0. The summed E-state index contributed by atoms with van der Waals surface area (Å²) in [6.07, 6.45) is 0. The van der Waals surface area contributed by atoms with E-state index < -0.39 is 0 Å². The number of nitrogens with zero attached hydrogens (tertiary/aromatic N) is 1. The number of benzene rings is 8. The molecule has 0 bridgehead atoms. The number of hydrogen-bond acceptors (Lipinski definition) is 1. The average Bonchev–Trinajstić information content (AvgIpc) is 3.75. The largest absolute Gasteiger partial charge is 0.310 e. The van der Waals surface area contributed by atoms with Gasteiger partial charge in [0, 0.05) is 27.3 Å². The van der Waals surface area contributed by atoms with Crippen LogP contribution in [0.5, 0.6) is 0 Å². The number of anilines is 3. The van der Waals surface area contributed by atoms with Crippen LogP contribution >= 0.6 is 0 Å². The second-order valence-electron chi connectivity index (χ2n) is 20.2. The van der Waals surface area contributed by atoms with Gasteiger partial charge in [0.15, 0.2) is 0 Å². The molecule has 0 unspecified atom stereocenters. The Balaban J connectivity index is 1.03. The maximum atomic E-state index is 2.55. The van der Waals surface area contributed by atoms with Crippen LogP contribution in [0.3, 0.4) is 0 Å². The molecule has 3 aliphatic carbocycles. The Morgan fingerprint density at radius 3 is 0.967 bits per heavy atom. The summed E-state index contributed by atoms with van der Waals surface area (Å²) in [5.74, 6) is 0. The fraction of sp³-hybridized carbons (Fsp3) is 0.200. The molecule has 0 spiro atoms. The van der Waals surface area contributed by atoms with E-state index in [9.17, 15) is 0 Å². The zero-order valence-electron chi connectivity index (χ0n) is 36.5. The van der Waals surface area contributed by atoms with Gasteiger partial charge in [-0.2, -0.15) is 0 Å². The highest BCUT2D eigenvalue weighted by Crippen LogP contribution is 2.57. The predicted octanol–water partition coefficient (Wildman–Crippen LogP) is 16.0. The summed E-state index contributed by atoms with van der Waals surface area (Å²) in [5.41, 5.74) is 27.5. The maximum Gasteiger partial charge on any atom is 0.0503 e. The van der Waals surface area contributed by atoms with Crippen molar-refractivity contribution in [1.29, 1.82) is 0 Å². The smallest absolute Gasteiger partial charge is 0.0503 e. The quantitative estimate of drug-likeness (QED) is 0.172. The normalized spacial score (nSPS) is 17.0. The zero-order valence-corrected chi connectivity index (χ0v) is 36.5. The van der Waals surface area contributed by atoms with E-state index in [1.807, 2.05) is 0 Å². The molecule has 0 atom stereocenters. The van der Waals surface area contributed by atoms with Crippen LogP contribution in [0.4, 0.5) is 17.1 Å². The van der Waals surface area contributed by atoms with Gasteiger partial charge in [-0.1, -0.05) is 171 Å². The van der Waals surface area contributed by atoms with Crippen LogP contribution < -0.4 is 4.90 Å². The Hall–Kier alpha value is -6.44. The van der Waals surface area contributed by atoms with E-state index in [0.717, 1.165) is 0 Å². The van der Waals surface area contributed by atoms with Crippen molar-refractivity contribution in [2.45, 2.75) is 77.0 Å². The molecular weight excluding hydrogens is 735 g/mol. The molecule has 1 heterocycles. The van der Waals surface area contributed by atoms with Crippen molar-refractivity contribution >= 4 is 17.1 Å². The van der Waals surface area contributed by atoms with Crippen LogP contribution in [-0.4, -0.2) is 0 Å². The lowest BCUT2D eigenvalue weighted by Crippen LogP contribution is -2.31. The molecule has 0 N–H and O–H groups in total. The van der Waals surface area contributed by atoms with Gasteiger partial charge in [-0.15, -0.1) is 0 Å². The Morgan fingerprint density at radius 1 is 0.262 bits per heavy atom. The van der Waals surface area contributed by atoms with Crippen molar-refractivity contribution in [3.8, 4) is 55.6 Å². The lowest BCUT2D eigenvalue weighted by molar-refractivity contribution is 0.632. The molecule has 0 amide bonds. The molecule has 296 valence electrons. The Bertz CT molecular complexity index is 3040. The summed E-state index contributed by atoms with van der Waals surface area (Å²) in [6, 6.07) is 62.8. The monoisotopic (exact) mass is 785 g/mol. The third-order valence-corrected chi connectivity index (χ3v) is 15.5. The molecular formula is C60H51N. The van der Waals surface area contributed by atoms with E-state index in [2.05, 4.69) is 224 Å². The molecule has 12 rings (SSSR count). The van der Waals surface area contributed by atoms with Gasteiger partial charge in [0.1, 0.15) is 0 Å². The first-order chi connectivity index (χ1) is 29.3. The molecule has 0 aromatic heterocycles. The van der Waals surface area contributed by atoms with Crippen molar-refractivity contribution in [2.75, 3.05) is 4.90 Å². The van der Waals surface area contributed by atoms with E-state index in [-0.39, 0.29) is 21.7 Å². The van der Waals surface area contributed by atoms with E-state index in [1.165, 1.54) is 117 Å². The van der Waals surface area contributed by atoms with Gasteiger partial charge in [-0.05, 0) is 149 Å². The molecule has 1 nitrogen and oxygen atoms in total. The molecule has 0 saturated heterocycles. The molecule has 4 aliphatic rings. The molecule has 0 fully saturated rings. The average molecular weight is 786 g/mol. The summed E-state index contributed by atoms with van der Waals surface area (Å²) < 4.78 is 0. The van der Waals surface area contributed by atoms with Crippen LogP contribution in [0.2, 0.25) is 0 Å². The second-order valence-corrected chi connectivity index (χ2v) is 20.2. The minimum atomic E-state index is -0.280. The zero-order chi connectivity index (χ0) is 41.8. The van der Waals surface area contributed by atoms with E-state index in [4.69, 9.17) is 0 Å². The van der Waals surface area contributed by atoms with Gasteiger partial charge in [-0.25, -0.2) is 0 Å². The highest BCUT2D eigenvalue weighted by molar-refractivity contribution is 5.93. The summed E-state index contributed by atoms with van der Waals surface area (Å²) in [7, 11) is 0. The van der Waals surface area contributed by atoms with Crippen molar-refractivity contribution in [1.82, 2.24) is 0 Å². The van der Waals surface area contributed by atoms with Crippen LogP contribution in [-0.2, 0) is 21.7 Å². The SMILES string of the molecule is CC1(C)c2ccccc2-c2ccc(-c3ccc4c(c3)C(C)(C)c3cc(-c5ccc6c(c5)C(C)(C)c5ccccc5-6)ccc3N4c3ccc4c(c3)C(C)(C)c3ccccc3-4)cc21. The molecule has 8 aromatic rings. The highest BCUT2D eigenvalue weighted by Gasteiger charge is 2.41. The summed E-state index contributed by atoms with van der Waals surface area (Å²) in [6.45, 7) is 19.1. The third kappa shape index (κ3) is 4.84. The first-order valence-electron chi connectivity index (χ1n) is 22.1. The molecule has 0 saturated carbocycles. The summed E-state index contributed by atoms with van der Waals surface area (Å²) in [5, 5.41) is 0. The fourth-order valence-corrected chi connectivity index (χ4v) is 12.0. The van der Waals surface area contributed by atoms with Crippen molar-refractivity contribution in [2.24, 2.45) is 0 Å². The van der Waals surface area contributed by atoms with Gasteiger partial charge in [0.05, 0.1) is 11.4 Å². The topological polar surface area (TPSA) is 3.24 Å². The lowest BCUT2D eigenvalue weighted by atomic mass is 9.72. The van der Waals surface area contributed by atoms with E-state index in [1.54, 1.807) is 0 Å². The maximum absolute atomic E-state index is 2.55. The van der Waals surface area contributed by atoms with Gasteiger partial charge in [0.2, 0.25) is 0 Å². The van der Waals surface area contributed by atoms with E-state index in [0.29, 0.717) is 0 Å². The standard InChI is InChI=1S/C60H51N/c1-57(2)47-18-12-9-15-41(47)44-26-21-36(31-50(44)57)38-23-29-55-53(33-38)60(7,8)54-34-39(37-22-27-45-42-16-10-13-19-48(42)58(3,4)51(45)32-37)24-30-56(54)61(55)40-25-28-46-43-17-11-14-20-49(43)59(5,6)52(46)35-40/h9-35H,1-8H3. The molecule has 61 heavy (non-hydrogen) atoms. The van der Waals surface area contributed by atoms with Gasteiger partial charge in [-0.3, -0.25) is 0 Å². The number of fused-ring (bicyclic) bond motifs is 11. The Morgan fingerprint density at radius 2 is 0.557 bits per heavy atom. The second kappa shape index (κ2) is 12.1. The lowest BCUT2D eigenvalue weighted by Gasteiger charge is -2.43. The van der Waals surface area contributed by atoms with Gasteiger partial charge in [0.25, 0.3) is 0 Å². The van der Waals surface area contributed by atoms with Crippen LogP contribution in [0, 0.1) is 0 Å². The van der Waals surface area contributed by atoms with Crippen molar-refractivity contribution < 1.29 is 0 Å². The van der Waals surface area contributed by atoms with Gasteiger partial charge < -0.3 is 4.90 Å². The van der Waals surface area contributed by atoms with Crippen LogP contribution in [0.15, 0.2) is 164 Å². The Kier molecular flexibility index (Phi) is 7.23. The third-order valence-electron chi connectivity index (χ3n) is 15.5. The van der Waals surface area contributed by atoms with E-state index >= 15 is 0 Å². The summed E-state index contributed by atoms with van der Waals surface area (Å²) >= 11 is 0. The van der Waals surface area contributed by atoms with Crippen LogP contribution in [0.1, 0.15) is 99.9 Å². The molecule has 1 aliphatic heterocycles. The van der Waals surface area contributed by atoms with Crippen molar-refractivity contribution in [3.05, 3.63) is 208 Å². The first-order valence-corrected chi connectivity index (χ1v) is 22.1. The first kappa shape index (κ1) is 36.4. The number of rotatable bonds is 3. The molecule has 8 aromatic carbocycles. The predicted molar refractivity (Wildman–Crippen MR) is 257 cm³/mol. The highest BCUT2D eigenvalue weighted by atomic mass is 15.2. The Labute approximate surface area is 361 Å².